The molecule has 0 saturated carbocycles. The van der Waals surface area contributed by atoms with E-state index in [4.69, 9.17) is 15.9 Å². The quantitative estimate of drug-likeness (QED) is 0.425. The van der Waals surface area contributed by atoms with Crippen molar-refractivity contribution in [1.82, 2.24) is 0 Å². The summed E-state index contributed by atoms with van der Waals surface area (Å²) in [5.41, 5.74) is 10.0. The summed E-state index contributed by atoms with van der Waals surface area (Å²) in [4.78, 5) is 19.8. The number of aromatic hydroxyl groups is 1. The Morgan fingerprint density at radius 3 is 2.19 bits per heavy atom. The lowest BCUT2D eigenvalue weighted by Gasteiger charge is -1.98. The molecule has 86 valence electrons. The molecule has 0 aliphatic heterocycles. The number of nitrogens with two attached hydrogens (primary N) is 2. The Balaban J connectivity index is 0.000000385. The Bertz CT molecular complexity index is 415. The first-order chi connectivity index (χ1) is 7.38. The van der Waals surface area contributed by atoms with E-state index < -0.39 is 11.9 Å². The molecule has 16 heavy (non-hydrogen) atoms. The number of carboxylic acids is 1. The highest BCUT2D eigenvalue weighted by Gasteiger charge is 2.07. The average molecular weight is 224 g/mol. The number of hydrogen-bond donors (Lipinski definition) is 4. The van der Waals surface area contributed by atoms with Crippen molar-refractivity contribution in [3.63, 3.8) is 0 Å². The van der Waals surface area contributed by atoms with Gasteiger partial charge >= 0.3 is 5.97 Å². The molecule has 1 amide bonds. The van der Waals surface area contributed by atoms with Crippen LogP contribution in [-0.4, -0.2) is 22.1 Å². The molecule has 0 atom stereocenters. The molecule has 0 aliphatic rings. The van der Waals surface area contributed by atoms with Crippen molar-refractivity contribution in [2.24, 2.45) is 5.73 Å². The van der Waals surface area contributed by atoms with E-state index >= 15 is 0 Å². The van der Waals surface area contributed by atoms with Gasteiger partial charge in [0.2, 0.25) is 5.91 Å². The van der Waals surface area contributed by atoms with Gasteiger partial charge in [-0.05, 0) is 18.2 Å². The summed E-state index contributed by atoms with van der Waals surface area (Å²) in [5.74, 6) is -1.95. The van der Waals surface area contributed by atoms with Gasteiger partial charge in [0, 0.05) is 11.8 Å². The minimum atomic E-state index is -1.16. The van der Waals surface area contributed by atoms with Gasteiger partial charge in [0.05, 0.1) is 0 Å². The van der Waals surface area contributed by atoms with E-state index in [1.165, 1.54) is 18.2 Å². The van der Waals surface area contributed by atoms with Crippen molar-refractivity contribution in [2.45, 2.75) is 0 Å². The summed E-state index contributed by atoms with van der Waals surface area (Å²) in [6.07, 6.45) is 1.06. The Morgan fingerprint density at radius 2 is 1.88 bits per heavy atom. The van der Waals surface area contributed by atoms with Crippen LogP contribution in [0.15, 0.2) is 30.9 Å². The Labute approximate surface area is 91.8 Å². The van der Waals surface area contributed by atoms with Gasteiger partial charge in [-0.1, -0.05) is 6.58 Å². The first-order valence-corrected chi connectivity index (χ1v) is 4.12. The molecule has 1 aromatic carbocycles. The van der Waals surface area contributed by atoms with Crippen molar-refractivity contribution in [3.8, 4) is 5.75 Å². The molecule has 0 bridgehead atoms. The second-order valence-corrected chi connectivity index (χ2v) is 2.69. The van der Waals surface area contributed by atoms with Gasteiger partial charge in [-0.15, -0.1) is 0 Å². The predicted octanol–water partition coefficient (Wildman–Crippen LogP) is 0.330. The van der Waals surface area contributed by atoms with Gasteiger partial charge in [0.25, 0.3) is 0 Å². The molecule has 0 aliphatic carbocycles. The number of carbonyl (C=O) groups excluding carboxylic acids is 1. The first-order valence-electron chi connectivity index (χ1n) is 4.12. The number of rotatable bonds is 2. The molecule has 0 heterocycles. The van der Waals surface area contributed by atoms with E-state index in [2.05, 4.69) is 12.3 Å². The van der Waals surface area contributed by atoms with E-state index in [1.807, 2.05) is 0 Å². The number of aromatic carboxylic acids is 1. The van der Waals surface area contributed by atoms with Crippen LogP contribution in [0.2, 0.25) is 0 Å². The zero-order valence-corrected chi connectivity index (χ0v) is 8.38. The molecular formula is C10H12N2O4. The third-order valence-corrected chi connectivity index (χ3v) is 1.45. The number of primary amides is 1. The number of nitrogen functional groups attached to an aromatic ring is 1. The van der Waals surface area contributed by atoms with Gasteiger partial charge in [0.1, 0.15) is 11.3 Å². The van der Waals surface area contributed by atoms with Crippen LogP contribution in [-0.2, 0) is 4.79 Å². The van der Waals surface area contributed by atoms with Crippen LogP contribution in [0.5, 0.6) is 5.75 Å². The molecule has 6 N–H and O–H groups in total. The van der Waals surface area contributed by atoms with E-state index in [-0.39, 0.29) is 11.3 Å². The monoisotopic (exact) mass is 224 g/mol. The number of phenols is 1. The lowest BCUT2D eigenvalue weighted by atomic mass is 10.2. The molecule has 0 unspecified atom stereocenters. The fourth-order valence-electron chi connectivity index (χ4n) is 0.730. The SMILES string of the molecule is C=CC(N)=O.Nc1ccc(C(=O)O)c(O)c1. The maximum atomic E-state index is 10.3. The second kappa shape index (κ2) is 6.07. The summed E-state index contributed by atoms with van der Waals surface area (Å²) in [6.45, 7) is 3.09. The maximum Gasteiger partial charge on any atom is 0.339 e. The summed E-state index contributed by atoms with van der Waals surface area (Å²) >= 11 is 0. The molecule has 0 fully saturated rings. The largest absolute Gasteiger partial charge is 0.507 e. The molecule has 0 radical (unpaired) electrons. The normalized spacial score (nSPS) is 8.50. The third kappa shape index (κ3) is 4.66. The number of hydrogen-bond acceptors (Lipinski definition) is 4. The molecule has 0 aromatic heterocycles. The fourth-order valence-corrected chi connectivity index (χ4v) is 0.730. The Hall–Kier alpha value is -2.50. The Morgan fingerprint density at radius 1 is 1.38 bits per heavy atom. The molecule has 1 aromatic rings. The average Bonchev–Trinajstić information content (AvgIpc) is 2.17. The zero-order chi connectivity index (χ0) is 12.7. The summed E-state index contributed by atoms with van der Waals surface area (Å²) in [7, 11) is 0. The third-order valence-electron chi connectivity index (χ3n) is 1.45. The van der Waals surface area contributed by atoms with Crippen molar-refractivity contribution >= 4 is 17.6 Å². The standard InChI is InChI=1S/C7H7NO3.C3H5NO/c8-4-1-2-5(7(10)11)6(9)3-4;1-2-3(4)5/h1-3,9H,8H2,(H,10,11);2H,1H2,(H2,4,5). The summed E-state index contributed by atoms with van der Waals surface area (Å²) < 4.78 is 0. The number of amides is 1. The lowest BCUT2D eigenvalue weighted by molar-refractivity contribution is -0.113. The fraction of sp³-hybridized carbons (Fsp3) is 0. The lowest BCUT2D eigenvalue weighted by Crippen LogP contribution is -2.04. The van der Waals surface area contributed by atoms with E-state index in [0.29, 0.717) is 5.69 Å². The van der Waals surface area contributed by atoms with E-state index in [0.717, 1.165) is 6.08 Å². The highest BCUT2D eigenvalue weighted by molar-refractivity contribution is 5.91. The van der Waals surface area contributed by atoms with Gasteiger partial charge in [-0.3, -0.25) is 4.79 Å². The van der Waals surface area contributed by atoms with Crippen molar-refractivity contribution in [2.75, 3.05) is 5.73 Å². The molecule has 1 rings (SSSR count). The first kappa shape index (κ1) is 13.5. The van der Waals surface area contributed by atoms with Crippen LogP contribution in [0.4, 0.5) is 5.69 Å². The number of benzene rings is 1. The van der Waals surface area contributed by atoms with Crippen LogP contribution >= 0.6 is 0 Å². The van der Waals surface area contributed by atoms with Crippen LogP contribution in [0, 0.1) is 0 Å². The van der Waals surface area contributed by atoms with Crippen molar-refractivity contribution in [3.05, 3.63) is 36.4 Å². The van der Waals surface area contributed by atoms with Crippen molar-refractivity contribution < 1.29 is 19.8 Å². The molecule has 0 saturated heterocycles. The minimum absolute atomic E-state index is 0.140. The molecule has 6 nitrogen and oxygen atoms in total. The zero-order valence-electron chi connectivity index (χ0n) is 8.38. The van der Waals surface area contributed by atoms with Gasteiger partial charge in [-0.2, -0.15) is 0 Å². The van der Waals surface area contributed by atoms with Gasteiger partial charge < -0.3 is 21.7 Å². The summed E-state index contributed by atoms with van der Waals surface area (Å²) in [6, 6.07) is 3.87. The summed E-state index contributed by atoms with van der Waals surface area (Å²) in [5, 5.41) is 17.5. The van der Waals surface area contributed by atoms with Gasteiger partial charge in [-0.25, -0.2) is 4.79 Å². The number of anilines is 1. The van der Waals surface area contributed by atoms with Crippen LogP contribution in [0.1, 0.15) is 10.4 Å². The number of carboxylic acid groups (broad SMARTS) is 1. The van der Waals surface area contributed by atoms with Crippen molar-refractivity contribution in [1.29, 1.82) is 0 Å². The molecule has 0 spiro atoms. The topological polar surface area (TPSA) is 127 Å². The highest BCUT2D eigenvalue weighted by atomic mass is 16.4. The molecular weight excluding hydrogens is 212 g/mol. The predicted molar refractivity (Wildman–Crippen MR) is 58.9 cm³/mol. The molecule has 6 heteroatoms. The van der Waals surface area contributed by atoms with Crippen LogP contribution in [0.3, 0.4) is 0 Å². The van der Waals surface area contributed by atoms with Crippen LogP contribution < -0.4 is 11.5 Å². The second-order valence-electron chi connectivity index (χ2n) is 2.69. The number of carbonyl (C=O) groups is 2. The van der Waals surface area contributed by atoms with Crippen LogP contribution in [0.25, 0.3) is 0 Å². The smallest absolute Gasteiger partial charge is 0.339 e. The maximum absolute atomic E-state index is 10.3. The minimum Gasteiger partial charge on any atom is -0.507 e. The van der Waals surface area contributed by atoms with E-state index in [9.17, 15) is 9.59 Å². The highest BCUT2D eigenvalue weighted by Crippen LogP contribution is 2.19. The Kier molecular flexibility index (Phi) is 5.12. The van der Waals surface area contributed by atoms with E-state index in [1.54, 1.807) is 0 Å². The van der Waals surface area contributed by atoms with Gasteiger partial charge in [0.15, 0.2) is 0 Å².